The lowest BCUT2D eigenvalue weighted by molar-refractivity contribution is 0.0680. The van der Waals surface area contributed by atoms with E-state index in [4.69, 9.17) is 11.6 Å². The number of amides is 2. The summed E-state index contributed by atoms with van der Waals surface area (Å²) in [5.41, 5.74) is 1.16. The molecule has 2 amide bonds. The minimum atomic E-state index is -0.154. The maximum Gasteiger partial charge on any atom is 0.256 e. The number of nitrogens with zero attached hydrogens (tertiary/aromatic N) is 2. The third-order valence-corrected chi connectivity index (χ3v) is 5.81. The molecule has 0 atom stereocenters. The molecule has 1 aliphatic rings. The quantitative estimate of drug-likeness (QED) is 0.772. The lowest BCUT2D eigenvalue weighted by Crippen LogP contribution is -2.41. The summed E-state index contributed by atoms with van der Waals surface area (Å²) in [6.45, 7) is 1.97. The maximum absolute atomic E-state index is 12.8. The SMILES string of the molecule is CSc1ncccc1C(=O)N1CCC(CNC(=O)c2ccccc2Cl)CC1. The van der Waals surface area contributed by atoms with Crippen LogP contribution in [-0.4, -0.2) is 47.6 Å². The van der Waals surface area contributed by atoms with E-state index in [1.165, 1.54) is 11.8 Å². The molecule has 1 N–H and O–H groups in total. The van der Waals surface area contributed by atoms with Crippen LogP contribution >= 0.6 is 23.4 Å². The fourth-order valence-electron chi connectivity index (χ4n) is 3.20. The largest absolute Gasteiger partial charge is 0.352 e. The van der Waals surface area contributed by atoms with Crippen molar-refractivity contribution in [2.75, 3.05) is 25.9 Å². The summed E-state index contributed by atoms with van der Waals surface area (Å²) in [5, 5.41) is 4.18. The molecular formula is C20H22ClN3O2S. The summed E-state index contributed by atoms with van der Waals surface area (Å²) in [5.74, 6) is 0.236. The molecule has 1 aromatic heterocycles. The lowest BCUT2D eigenvalue weighted by atomic mass is 9.96. The van der Waals surface area contributed by atoms with Gasteiger partial charge in [0.05, 0.1) is 16.1 Å². The van der Waals surface area contributed by atoms with Gasteiger partial charge in [0.2, 0.25) is 0 Å². The molecule has 0 radical (unpaired) electrons. The Labute approximate surface area is 168 Å². The number of thioether (sulfide) groups is 1. The molecule has 0 spiro atoms. The summed E-state index contributed by atoms with van der Waals surface area (Å²) in [7, 11) is 0. The molecule has 0 unspecified atom stereocenters. The fourth-order valence-corrected chi connectivity index (χ4v) is 3.97. The Balaban J connectivity index is 1.51. The van der Waals surface area contributed by atoms with Crippen LogP contribution in [0.15, 0.2) is 47.6 Å². The van der Waals surface area contributed by atoms with Crippen molar-refractivity contribution < 1.29 is 9.59 Å². The summed E-state index contributed by atoms with van der Waals surface area (Å²) < 4.78 is 0. The number of hydrogen-bond donors (Lipinski definition) is 1. The summed E-state index contributed by atoms with van der Waals surface area (Å²) in [4.78, 5) is 31.2. The van der Waals surface area contributed by atoms with Gasteiger partial charge in [-0.3, -0.25) is 9.59 Å². The molecule has 1 saturated heterocycles. The second-order valence-electron chi connectivity index (χ2n) is 6.49. The van der Waals surface area contributed by atoms with Crippen molar-refractivity contribution in [1.29, 1.82) is 0 Å². The Hall–Kier alpha value is -2.05. The van der Waals surface area contributed by atoms with E-state index in [1.807, 2.05) is 17.2 Å². The molecule has 1 aliphatic heterocycles. The second-order valence-corrected chi connectivity index (χ2v) is 7.69. The first-order valence-corrected chi connectivity index (χ1v) is 10.5. The van der Waals surface area contributed by atoms with Crippen molar-refractivity contribution in [3.05, 3.63) is 58.7 Å². The van der Waals surface area contributed by atoms with Crippen molar-refractivity contribution in [3.63, 3.8) is 0 Å². The number of halogens is 1. The van der Waals surface area contributed by atoms with Crippen molar-refractivity contribution in [2.45, 2.75) is 17.9 Å². The van der Waals surface area contributed by atoms with E-state index in [2.05, 4.69) is 10.3 Å². The maximum atomic E-state index is 12.8. The van der Waals surface area contributed by atoms with Gasteiger partial charge in [-0.25, -0.2) is 4.98 Å². The van der Waals surface area contributed by atoms with Crippen LogP contribution < -0.4 is 5.32 Å². The number of piperidine rings is 1. The van der Waals surface area contributed by atoms with Gasteiger partial charge in [0.1, 0.15) is 5.03 Å². The molecule has 0 bridgehead atoms. The van der Waals surface area contributed by atoms with Gasteiger partial charge < -0.3 is 10.2 Å². The van der Waals surface area contributed by atoms with Crippen molar-refractivity contribution in [1.82, 2.24) is 15.2 Å². The van der Waals surface area contributed by atoms with Gasteiger partial charge in [-0.05, 0) is 49.3 Å². The highest BCUT2D eigenvalue weighted by molar-refractivity contribution is 7.98. The standard InChI is InChI=1S/C20H22ClN3O2S/c1-27-19-16(6-4-10-22-19)20(26)24-11-8-14(9-12-24)13-23-18(25)15-5-2-3-7-17(15)21/h2-7,10,14H,8-9,11-13H2,1H3,(H,23,25). The first kappa shape index (κ1) is 19.7. The summed E-state index contributed by atoms with van der Waals surface area (Å²) >= 11 is 7.55. The van der Waals surface area contributed by atoms with Crippen LogP contribution in [0.2, 0.25) is 5.02 Å². The molecule has 142 valence electrons. The van der Waals surface area contributed by atoms with Gasteiger partial charge in [0.15, 0.2) is 0 Å². The number of likely N-dealkylation sites (tertiary alicyclic amines) is 1. The fraction of sp³-hybridized carbons (Fsp3) is 0.350. The molecule has 0 aliphatic carbocycles. The highest BCUT2D eigenvalue weighted by Gasteiger charge is 2.25. The van der Waals surface area contributed by atoms with Crippen LogP contribution in [0.3, 0.4) is 0 Å². The number of carbonyl (C=O) groups is 2. The Kier molecular flexibility index (Phi) is 6.74. The van der Waals surface area contributed by atoms with E-state index < -0.39 is 0 Å². The second kappa shape index (κ2) is 9.24. The average Bonchev–Trinajstić information content (AvgIpc) is 2.72. The van der Waals surface area contributed by atoms with Gasteiger partial charge in [0, 0.05) is 25.8 Å². The average molecular weight is 404 g/mol. The monoisotopic (exact) mass is 403 g/mol. The van der Waals surface area contributed by atoms with Crippen LogP contribution in [0.25, 0.3) is 0 Å². The number of hydrogen-bond acceptors (Lipinski definition) is 4. The molecule has 0 saturated carbocycles. The molecule has 1 fully saturated rings. The van der Waals surface area contributed by atoms with E-state index in [0.717, 1.165) is 17.9 Å². The van der Waals surface area contributed by atoms with Crippen LogP contribution in [0.1, 0.15) is 33.6 Å². The van der Waals surface area contributed by atoms with Crippen LogP contribution in [-0.2, 0) is 0 Å². The Morgan fingerprint density at radius 3 is 2.59 bits per heavy atom. The number of carbonyl (C=O) groups excluding carboxylic acids is 2. The molecular weight excluding hydrogens is 382 g/mol. The predicted octanol–water partition coefficient (Wildman–Crippen LogP) is 3.74. The van der Waals surface area contributed by atoms with Crippen LogP contribution in [0.5, 0.6) is 0 Å². The molecule has 2 heterocycles. The van der Waals surface area contributed by atoms with E-state index >= 15 is 0 Å². The molecule has 2 aromatic rings. The number of rotatable bonds is 5. The van der Waals surface area contributed by atoms with Gasteiger partial charge in [-0.15, -0.1) is 11.8 Å². The van der Waals surface area contributed by atoms with E-state index in [-0.39, 0.29) is 11.8 Å². The normalized spacial score (nSPS) is 14.8. The zero-order valence-corrected chi connectivity index (χ0v) is 16.7. The Bertz CT molecular complexity index is 822. The third kappa shape index (κ3) is 4.82. The number of nitrogens with one attached hydrogen (secondary N) is 1. The smallest absolute Gasteiger partial charge is 0.256 e. The van der Waals surface area contributed by atoms with Gasteiger partial charge >= 0.3 is 0 Å². The minimum Gasteiger partial charge on any atom is -0.352 e. The molecule has 27 heavy (non-hydrogen) atoms. The van der Waals surface area contributed by atoms with Gasteiger partial charge in [-0.1, -0.05) is 23.7 Å². The van der Waals surface area contributed by atoms with Crippen molar-refractivity contribution in [3.8, 4) is 0 Å². The lowest BCUT2D eigenvalue weighted by Gasteiger charge is -2.32. The van der Waals surface area contributed by atoms with Gasteiger partial charge in [-0.2, -0.15) is 0 Å². The van der Waals surface area contributed by atoms with Crippen molar-refractivity contribution >= 4 is 35.2 Å². The van der Waals surface area contributed by atoms with E-state index in [0.29, 0.717) is 41.7 Å². The minimum absolute atomic E-state index is 0.0333. The highest BCUT2D eigenvalue weighted by Crippen LogP contribution is 2.23. The summed E-state index contributed by atoms with van der Waals surface area (Å²) in [6, 6.07) is 10.7. The number of benzene rings is 1. The Morgan fingerprint density at radius 1 is 1.19 bits per heavy atom. The first-order chi connectivity index (χ1) is 13.1. The highest BCUT2D eigenvalue weighted by atomic mass is 35.5. The number of aromatic nitrogens is 1. The third-order valence-electron chi connectivity index (χ3n) is 4.77. The van der Waals surface area contributed by atoms with Crippen LogP contribution in [0, 0.1) is 5.92 Å². The molecule has 7 heteroatoms. The zero-order valence-electron chi connectivity index (χ0n) is 15.2. The van der Waals surface area contributed by atoms with Crippen molar-refractivity contribution in [2.24, 2.45) is 5.92 Å². The first-order valence-electron chi connectivity index (χ1n) is 8.91. The molecule has 3 rings (SSSR count). The topological polar surface area (TPSA) is 62.3 Å². The zero-order chi connectivity index (χ0) is 19.2. The van der Waals surface area contributed by atoms with E-state index in [1.54, 1.807) is 36.5 Å². The summed E-state index contributed by atoms with van der Waals surface area (Å²) in [6.07, 6.45) is 5.36. The van der Waals surface area contributed by atoms with E-state index in [9.17, 15) is 9.59 Å². The molecule has 5 nitrogen and oxygen atoms in total. The van der Waals surface area contributed by atoms with Gasteiger partial charge in [0.25, 0.3) is 11.8 Å². The number of pyridine rings is 1. The predicted molar refractivity (Wildman–Crippen MR) is 108 cm³/mol. The molecule has 1 aromatic carbocycles. The Morgan fingerprint density at radius 2 is 1.89 bits per heavy atom. The van der Waals surface area contributed by atoms with Crippen LogP contribution in [0.4, 0.5) is 0 Å².